The Balaban J connectivity index is 1.62. The van der Waals surface area contributed by atoms with E-state index in [-0.39, 0.29) is 11.9 Å². The molecule has 7 heteroatoms. The number of aryl methyl sites for hydroxylation is 1. The van der Waals surface area contributed by atoms with Crippen molar-refractivity contribution in [2.45, 2.75) is 25.3 Å². The minimum Gasteiger partial charge on any atom is -0.378 e. The molecule has 0 bridgehead atoms. The fraction of sp³-hybridized carbons (Fsp3) is 0.688. The summed E-state index contributed by atoms with van der Waals surface area (Å²) in [4.78, 5) is 16.3. The Morgan fingerprint density at radius 1 is 1.39 bits per heavy atom. The van der Waals surface area contributed by atoms with Crippen LogP contribution in [0.15, 0.2) is 12.7 Å². The number of carbonyl (C=O) groups is 1. The molecular formula is C16H25N5O2. The molecule has 1 amide bonds. The van der Waals surface area contributed by atoms with Crippen LogP contribution in [0.1, 0.15) is 30.3 Å². The molecule has 0 radical (unpaired) electrons. The van der Waals surface area contributed by atoms with Crippen molar-refractivity contribution in [2.24, 2.45) is 7.05 Å². The summed E-state index contributed by atoms with van der Waals surface area (Å²) in [5.41, 5.74) is 1.95. The highest BCUT2D eigenvalue weighted by Crippen LogP contribution is 2.28. The standard InChI is InChI=1S/C16H25N5O2/c1-3-15(22)21-9-6-13-16(17-18-19(13)2)14(21)12-23-11-10-20-7-4-5-8-20/h3,14H,1,4-12H2,2H3. The van der Waals surface area contributed by atoms with Crippen LogP contribution in [-0.2, 0) is 23.0 Å². The SMILES string of the molecule is C=CC(=O)N1CCc2c(nnn2C)C1COCCN1CCCC1. The molecule has 0 aliphatic carbocycles. The highest BCUT2D eigenvalue weighted by Gasteiger charge is 2.33. The van der Waals surface area contributed by atoms with Crippen molar-refractivity contribution >= 4 is 5.91 Å². The van der Waals surface area contributed by atoms with E-state index in [0.717, 1.165) is 24.4 Å². The Morgan fingerprint density at radius 2 is 2.17 bits per heavy atom. The molecule has 23 heavy (non-hydrogen) atoms. The van der Waals surface area contributed by atoms with Gasteiger partial charge in [-0.15, -0.1) is 5.10 Å². The lowest BCUT2D eigenvalue weighted by atomic mass is 10.0. The fourth-order valence-electron chi connectivity index (χ4n) is 3.42. The predicted octanol–water partition coefficient (Wildman–Crippen LogP) is 0.539. The summed E-state index contributed by atoms with van der Waals surface area (Å²) in [5, 5.41) is 8.35. The van der Waals surface area contributed by atoms with Gasteiger partial charge in [0.05, 0.1) is 18.9 Å². The van der Waals surface area contributed by atoms with Crippen molar-refractivity contribution in [3.63, 3.8) is 0 Å². The zero-order valence-electron chi connectivity index (χ0n) is 13.8. The van der Waals surface area contributed by atoms with Crippen LogP contribution in [0.4, 0.5) is 0 Å². The van der Waals surface area contributed by atoms with Crippen LogP contribution in [0, 0.1) is 0 Å². The molecule has 3 rings (SSSR count). The maximum absolute atomic E-state index is 12.1. The van der Waals surface area contributed by atoms with Gasteiger partial charge in [-0.05, 0) is 32.0 Å². The number of nitrogens with zero attached hydrogens (tertiary/aromatic N) is 5. The van der Waals surface area contributed by atoms with E-state index in [2.05, 4.69) is 21.8 Å². The lowest BCUT2D eigenvalue weighted by Crippen LogP contribution is -2.42. The Kier molecular flexibility index (Phi) is 5.07. The number of carbonyl (C=O) groups excluding carboxylic acids is 1. The summed E-state index contributed by atoms with van der Waals surface area (Å²) in [6.07, 6.45) is 4.70. The summed E-state index contributed by atoms with van der Waals surface area (Å²) < 4.78 is 7.67. The molecule has 2 aliphatic rings. The van der Waals surface area contributed by atoms with Gasteiger partial charge in [-0.3, -0.25) is 9.48 Å². The maximum atomic E-state index is 12.1. The third-order valence-electron chi connectivity index (χ3n) is 4.74. The summed E-state index contributed by atoms with van der Waals surface area (Å²) in [5.74, 6) is -0.0746. The Hall–Kier alpha value is -1.73. The van der Waals surface area contributed by atoms with E-state index in [1.807, 2.05) is 7.05 Å². The zero-order valence-corrected chi connectivity index (χ0v) is 13.8. The monoisotopic (exact) mass is 319 g/mol. The largest absolute Gasteiger partial charge is 0.378 e. The first kappa shape index (κ1) is 16.1. The van der Waals surface area contributed by atoms with Gasteiger partial charge in [0.2, 0.25) is 5.91 Å². The predicted molar refractivity (Wildman–Crippen MR) is 85.9 cm³/mol. The van der Waals surface area contributed by atoms with Gasteiger partial charge < -0.3 is 14.5 Å². The van der Waals surface area contributed by atoms with E-state index in [9.17, 15) is 4.79 Å². The molecule has 1 saturated heterocycles. The molecule has 1 unspecified atom stereocenters. The first-order chi connectivity index (χ1) is 11.2. The second-order valence-electron chi connectivity index (χ2n) is 6.17. The van der Waals surface area contributed by atoms with E-state index in [1.165, 1.54) is 32.0 Å². The molecule has 1 fully saturated rings. The van der Waals surface area contributed by atoms with Gasteiger partial charge in [-0.2, -0.15) is 0 Å². The van der Waals surface area contributed by atoms with E-state index in [4.69, 9.17) is 4.74 Å². The Morgan fingerprint density at radius 3 is 2.91 bits per heavy atom. The summed E-state index contributed by atoms with van der Waals surface area (Å²) >= 11 is 0. The molecule has 1 aromatic heterocycles. The minimum absolute atomic E-state index is 0.0746. The zero-order chi connectivity index (χ0) is 16.2. The van der Waals surface area contributed by atoms with E-state index < -0.39 is 0 Å². The van der Waals surface area contributed by atoms with Gasteiger partial charge >= 0.3 is 0 Å². The number of ether oxygens (including phenoxy) is 1. The average Bonchev–Trinajstić information content (AvgIpc) is 3.21. The molecular weight excluding hydrogens is 294 g/mol. The molecule has 0 N–H and O–H groups in total. The van der Waals surface area contributed by atoms with Crippen molar-refractivity contribution in [3.05, 3.63) is 24.0 Å². The molecule has 0 aromatic carbocycles. The van der Waals surface area contributed by atoms with Crippen LogP contribution >= 0.6 is 0 Å². The quantitative estimate of drug-likeness (QED) is 0.566. The van der Waals surface area contributed by atoms with Crippen molar-refractivity contribution in [3.8, 4) is 0 Å². The van der Waals surface area contributed by atoms with Crippen LogP contribution < -0.4 is 0 Å². The first-order valence-corrected chi connectivity index (χ1v) is 8.32. The Bertz CT molecular complexity index is 565. The molecule has 0 spiro atoms. The third-order valence-corrected chi connectivity index (χ3v) is 4.74. The number of aromatic nitrogens is 3. The van der Waals surface area contributed by atoms with Gasteiger partial charge in [0.1, 0.15) is 11.7 Å². The van der Waals surface area contributed by atoms with E-state index in [0.29, 0.717) is 19.8 Å². The highest BCUT2D eigenvalue weighted by atomic mass is 16.5. The number of hydrogen-bond donors (Lipinski definition) is 0. The summed E-state index contributed by atoms with van der Waals surface area (Å²) in [7, 11) is 1.89. The van der Waals surface area contributed by atoms with Crippen LogP contribution in [0.5, 0.6) is 0 Å². The maximum Gasteiger partial charge on any atom is 0.246 e. The van der Waals surface area contributed by atoms with Gasteiger partial charge in [0.15, 0.2) is 0 Å². The molecule has 7 nitrogen and oxygen atoms in total. The van der Waals surface area contributed by atoms with Crippen LogP contribution in [0.25, 0.3) is 0 Å². The molecule has 126 valence electrons. The fourth-order valence-corrected chi connectivity index (χ4v) is 3.42. The second-order valence-corrected chi connectivity index (χ2v) is 6.17. The topological polar surface area (TPSA) is 63.5 Å². The van der Waals surface area contributed by atoms with E-state index >= 15 is 0 Å². The van der Waals surface area contributed by atoms with Gasteiger partial charge in [-0.1, -0.05) is 11.8 Å². The van der Waals surface area contributed by atoms with Crippen LogP contribution in [0.2, 0.25) is 0 Å². The normalized spacial score (nSPS) is 21.4. The smallest absolute Gasteiger partial charge is 0.246 e. The van der Waals surface area contributed by atoms with Crippen LogP contribution in [0.3, 0.4) is 0 Å². The van der Waals surface area contributed by atoms with E-state index in [1.54, 1.807) is 9.58 Å². The molecule has 1 atom stereocenters. The molecule has 2 aliphatic heterocycles. The summed E-state index contributed by atoms with van der Waals surface area (Å²) in [6, 6.07) is -0.170. The molecule has 3 heterocycles. The first-order valence-electron chi connectivity index (χ1n) is 8.32. The van der Waals surface area contributed by atoms with Gasteiger partial charge in [0, 0.05) is 26.6 Å². The number of fused-ring (bicyclic) bond motifs is 1. The number of hydrogen-bond acceptors (Lipinski definition) is 5. The molecule has 0 saturated carbocycles. The van der Waals surface area contributed by atoms with Crippen molar-refractivity contribution < 1.29 is 9.53 Å². The number of amides is 1. The van der Waals surface area contributed by atoms with Gasteiger partial charge in [0.25, 0.3) is 0 Å². The highest BCUT2D eigenvalue weighted by molar-refractivity contribution is 5.87. The van der Waals surface area contributed by atoms with Crippen LogP contribution in [-0.4, -0.2) is 70.1 Å². The Labute approximate surface area is 136 Å². The summed E-state index contributed by atoms with van der Waals surface area (Å²) in [6.45, 7) is 8.68. The van der Waals surface area contributed by atoms with Crippen molar-refractivity contribution in [2.75, 3.05) is 39.4 Å². The lowest BCUT2D eigenvalue weighted by molar-refractivity contribution is -0.130. The van der Waals surface area contributed by atoms with Gasteiger partial charge in [-0.25, -0.2) is 0 Å². The average molecular weight is 319 g/mol. The lowest BCUT2D eigenvalue weighted by Gasteiger charge is -2.34. The third kappa shape index (κ3) is 3.45. The molecule has 1 aromatic rings. The van der Waals surface area contributed by atoms with Crippen molar-refractivity contribution in [1.82, 2.24) is 24.8 Å². The second kappa shape index (κ2) is 7.23. The number of likely N-dealkylation sites (tertiary alicyclic amines) is 1. The van der Waals surface area contributed by atoms with Crippen molar-refractivity contribution in [1.29, 1.82) is 0 Å². The minimum atomic E-state index is -0.170. The number of rotatable bonds is 6.